The summed E-state index contributed by atoms with van der Waals surface area (Å²) in [4.78, 5) is 15.2. The fraction of sp³-hybridized carbons (Fsp3) is 0.417. The maximum absolute atomic E-state index is 13.3. The normalized spacial score (nSPS) is 21.0. The van der Waals surface area contributed by atoms with E-state index < -0.39 is 21.5 Å². The maximum atomic E-state index is 13.3. The van der Waals surface area contributed by atoms with Gasteiger partial charge in [-0.25, -0.2) is 12.8 Å². The van der Waals surface area contributed by atoms with Crippen LogP contribution in [0, 0.1) is 23.1 Å². The number of piperidine rings is 1. The fourth-order valence-electron chi connectivity index (χ4n) is 4.68. The van der Waals surface area contributed by atoms with Crippen molar-refractivity contribution in [3.63, 3.8) is 0 Å². The van der Waals surface area contributed by atoms with Crippen LogP contribution < -0.4 is 5.32 Å². The lowest BCUT2D eigenvalue weighted by Gasteiger charge is -2.44. The molecule has 2 aromatic carbocycles. The van der Waals surface area contributed by atoms with Crippen LogP contribution in [0.25, 0.3) is 0 Å². The Morgan fingerprint density at radius 3 is 2.45 bits per heavy atom. The lowest BCUT2D eigenvalue weighted by atomic mass is 9.96. The molecule has 2 aliphatic rings. The van der Waals surface area contributed by atoms with Crippen LogP contribution >= 0.6 is 0 Å². The molecule has 1 N–H and O–H groups in total. The number of hydrogen-bond donors (Lipinski definition) is 1. The highest BCUT2D eigenvalue weighted by molar-refractivity contribution is 7.89. The van der Waals surface area contributed by atoms with Crippen LogP contribution in [-0.2, 0) is 21.4 Å². The van der Waals surface area contributed by atoms with Crippen LogP contribution in [0.2, 0.25) is 0 Å². The molecule has 9 heteroatoms. The predicted octanol–water partition coefficient (Wildman–Crippen LogP) is 2.83. The Bertz CT molecular complexity index is 1180. The number of hydrogen-bond acceptors (Lipinski definition) is 5. The van der Waals surface area contributed by atoms with Crippen LogP contribution in [0.3, 0.4) is 0 Å². The monoisotopic (exact) mass is 470 g/mol. The molecule has 2 fully saturated rings. The molecule has 0 bridgehead atoms. The number of benzene rings is 2. The standard InChI is InChI=1S/C24H27FN4O3S/c1-17(2)22-23(30)29(16-19-5-3-4-18(14-19)15-26)24(27-22)10-12-28(13-11-24)33(31,32)21-8-6-20(25)7-9-21/h3-9,14,17,22,27H,10-13,16H2,1-2H3. The molecule has 1 atom stereocenters. The van der Waals surface area contributed by atoms with Gasteiger partial charge in [0.25, 0.3) is 0 Å². The molecule has 2 aromatic rings. The number of halogens is 1. The van der Waals surface area contributed by atoms with Crippen LogP contribution in [0.4, 0.5) is 4.39 Å². The molecule has 0 aliphatic carbocycles. The van der Waals surface area contributed by atoms with Crippen LogP contribution in [0.1, 0.15) is 37.8 Å². The minimum atomic E-state index is -3.75. The lowest BCUT2D eigenvalue weighted by molar-refractivity contribution is -0.134. The summed E-state index contributed by atoms with van der Waals surface area (Å²) < 4.78 is 40.8. The second kappa shape index (κ2) is 8.86. The molecule has 2 aliphatic heterocycles. The minimum absolute atomic E-state index is 0.0118. The molecular weight excluding hydrogens is 443 g/mol. The predicted molar refractivity (Wildman–Crippen MR) is 121 cm³/mol. The number of nitriles is 1. The zero-order valence-electron chi connectivity index (χ0n) is 18.7. The van der Waals surface area contributed by atoms with Gasteiger partial charge in [0.15, 0.2) is 0 Å². The van der Waals surface area contributed by atoms with Crippen molar-refractivity contribution in [2.45, 2.75) is 49.8 Å². The number of amides is 1. The van der Waals surface area contributed by atoms with Gasteiger partial charge in [0.1, 0.15) is 5.82 Å². The first-order valence-electron chi connectivity index (χ1n) is 11.0. The van der Waals surface area contributed by atoms with E-state index in [1.807, 2.05) is 24.8 Å². The topological polar surface area (TPSA) is 93.5 Å². The first kappa shape index (κ1) is 23.4. The maximum Gasteiger partial charge on any atom is 0.243 e. The Balaban J connectivity index is 1.58. The Hall–Kier alpha value is -2.80. The van der Waals surface area contributed by atoms with Gasteiger partial charge < -0.3 is 4.90 Å². The van der Waals surface area contributed by atoms with Gasteiger partial charge in [0.2, 0.25) is 15.9 Å². The van der Waals surface area contributed by atoms with Gasteiger partial charge in [-0.2, -0.15) is 9.57 Å². The third kappa shape index (κ3) is 4.38. The van der Waals surface area contributed by atoms with Crippen molar-refractivity contribution in [2.75, 3.05) is 13.1 Å². The van der Waals surface area contributed by atoms with Crippen molar-refractivity contribution in [3.8, 4) is 6.07 Å². The summed E-state index contributed by atoms with van der Waals surface area (Å²) in [5.41, 5.74) is 0.722. The van der Waals surface area contributed by atoms with Crippen molar-refractivity contribution in [1.82, 2.24) is 14.5 Å². The highest BCUT2D eigenvalue weighted by Crippen LogP contribution is 2.37. The van der Waals surface area contributed by atoms with E-state index in [4.69, 9.17) is 0 Å². The number of rotatable bonds is 5. The van der Waals surface area contributed by atoms with Crippen molar-refractivity contribution in [2.24, 2.45) is 5.92 Å². The SMILES string of the molecule is CC(C)C1NC2(CCN(S(=O)(=O)c3ccc(F)cc3)CC2)N(Cc2cccc(C#N)c2)C1=O. The first-order valence-corrected chi connectivity index (χ1v) is 12.4. The number of sulfonamides is 1. The van der Waals surface area contributed by atoms with E-state index >= 15 is 0 Å². The van der Waals surface area contributed by atoms with Gasteiger partial charge in [-0.3, -0.25) is 10.1 Å². The first-order chi connectivity index (χ1) is 15.7. The van der Waals surface area contributed by atoms with E-state index in [0.29, 0.717) is 24.9 Å². The average molecular weight is 471 g/mol. The summed E-state index contributed by atoms with van der Waals surface area (Å²) in [6.07, 6.45) is 0.862. The van der Waals surface area contributed by atoms with Gasteiger partial charge in [-0.1, -0.05) is 26.0 Å². The summed E-state index contributed by atoms with van der Waals surface area (Å²) >= 11 is 0. The van der Waals surface area contributed by atoms with E-state index in [0.717, 1.165) is 17.7 Å². The van der Waals surface area contributed by atoms with Crippen LogP contribution in [0.15, 0.2) is 53.4 Å². The number of nitrogens with one attached hydrogen (secondary N) is 1. The smallest absolute Gasteiger partial charge is 0.243 e. The van der Waals surface area contributed by atoms with E-state index in [1.54, 1.807) is 18.2 Å². The minimum Gasteiger partial charge on any atom is -0.319 e. The quantitative estimate of drug-likeness (QED) is 0.725. The Kier molecular flexibility index (Phi) is 6.27. The van der Waals surface area contributed by atoms with Crippen molar-refractivity contribution in [3.05, 3.63) is 65.5 Å². The summed E-state index contributed by atoms with van der Waals surface area (Å²) in [7, 11) is -3.75. The highest BCUT2D eigenvalue weighted by Gasteiger charge is 2.53. The summed E-state index contributed by atoms with van der Waals surface area (Å²) in [6, 6.07) is 13.8. The molecule has 2 heterocycles. The molecule has 1 amide bonds. The van der Waals surface area contributed by atoms with Crippen LogP contribution in [-0.4, -0.2) is 48.3 Å². The Morgan fingerprint density at radius 1 is 1.18 bits per heavy atom. The Morgan fingerprint density at radius 2 is 1.85 bits per heavy atom. The van der Waals surface area contributed by atoms with Gasteiger partial charge in [-0.05, 0) is 60.7 Å². The molecule has 1 spiro atoms. The molecule has 33 heavy (non-hydrogen) atoms. The van der Waals surface area contributed by atoms with E-state index in [1.165, 1.54) is 16.4 Å². The number of nitrogens with zero attached hydrogens (tertiary/aromatic N) is 3. The van der Waals surface area contributed by atoms with Crippen molar-refractivity contribution >= 4 is 15.9 Å². The highest BCUT2D eigenvalue weighted by atomic mass is 32.2. The zero-order chi connectivity index (χ0) is 23.8. The summed E-state index contributed by atoms with van der Waals surface area (Å²) in [6.45, 7) is 4.78. The summed E-state index contributed by atoms with van der Waals surface area (Å²) in [5, 5.41) is 12.7. The van der Waals surface area contributed by atoms with E-state index in [-0.39, 0.29) is 35.9 Å². The lowest BCUT2D eigenvalue weighted by Crippen LogP contribution is -2.59. The van der Waals surface area contributed by atoms with Crippen molar-refractivity contribution < 1.29 is 17.6 Å². The van der Waals surface area contributed by atoms with E-state index in [2.05, 4.69) is 11.4 Å². The molecular formula is C24H27FN4O3S. The van der Waals surface area contributed by atoms with Gasteiger partial charge in [0, 0.05) is 19.6 Å². The third-order valence-electron chi connectivity index (χ3n) is 6.54. The van der Waals surface area contributed by atoms with Crippen molar-refractivity contribution in [1.29, 1.82) is 5.26 Å². The molecule has 1 unspecified atom stereocenters. The number of carbonyl (C=O) groups excluding carboxylic acids is 1. The largest absolute Gasteiger partial charge is 0.319 e. The summed E-state index contributed by atoms with van der Waals surface area (Å²) in [5.74, 6) is -0.427. The third-order valence-corrected chi connectivity index (χ3v) is 8.45. The number of carbonyl (C=O) groups is 1. The molecule has 2 saturated heterocycles. The van der Waals surface area contributed by atoms with Crippen LogP contribution in [0.5, 0.6) is 0 Å². The second-order valence-electron chi connectivity index (χ2n) is 8.99. The van der Waals surface area contributed by atoms with Gasteiger partial charge in [-0.15, -0.1) is 0 Å². The molecule has 0 radical (unpaired) electrons. The molecule has 7 nitrogen and oxygen atoms in total. The second-order valence-corrected chi connectivity index (χ2v) is 10.9. The average Bonchev–Trinajstić information content (AvgIpc) is 3.06. The van der Waals surface area contributed by atoms with Gasteiger partial charge >= 0.3 is 0 Å². The van der Waals surface area contributed by atoms with E-state index in [9.17, 15) is 22.9 Å². The molecule has 174 valence electrons. The molecule has 4 rings (SSSR count). The molecule has 0 aromatic heterocycles. The van der Waals surface area contributed by atoms with Gasteiger partial charge in [0.05, 0.1) is 28.2 Å². The Labute approximate surface area is 193 Å². The fourth-order valence-corrected chi connectivity index (χ4v) is 6.12. The zero-order valence-corrected chi connectivity index (χ0v) is 19.5. The molecule has 0 saturated carbocycles.